The number of hydrogen-bond acceptors (Lipinski definition) is 9. The Bertz CT molecular complexity index is 2200. The molecule has 0 unspecified atom stereocenters. The number of carbonyl (C=O) groups is 2. The van der Waals surface area contributed by atoms with E-state index in [9.17, 15) is 19.1 Å². The molecule has 1 saturated heterocycles. The number of rotatable bonds is 3. The Morgan fingerprint density at radius 1 is 1.06 bits per heavy atom. The normalized spacial score (nSPS) is 18.3. The van der Waals surface area contributed by atoms with Crippen LogP contribution >= 0.6 is 0 Å². The van der Waals surface area contributed by atoms with E-state index < -0.39 is 17.8 Å². The maximum atomic E-state index is 14.1. The van der Waals surface area contributed by atoms with Gasteiger partial charge in [0.05, 0.1) is 45.9 Å². The predicted octanol–water partition coefficient (Wildman–Crippen LogP) is 3.99. The number of imidazole rings is 1. The number of nitrogens with one attached hydrogen (secondary N) is 1. The van der Waals surface area contributed by atoms with Crippen LogP contribution in [-0.4, -0.2) is 88.4 Å². The number of carboxylic acid groups (broad SMARTS) is 1. The molecule has 6 aromatic rings. The van der Waals surface area contributed by atoms with Gasteiger partial charge in [0.15, 0.2) is 5.65 Å². The average molecular weight is 633 g/mol. The first-order chi connectivity index (χ1) is 22.9. The summed E-state index contributed by atoms with van der Waals surface area (Å²) in [6.07, 6.45) is 5.97. The molecule has 0 aliphatic carbocycles. The van der Waals surface area contributed by atoms with Crippen molar-refractivity contribution in [3.05, 3.63) is 84.8 Å². The Morgan fingerprint density at radius 2 is 1.94 bits per heavy atom. The number of anilines is 2. The van der Waals surface area contributed by atoms with Crippen molar-refractivity contribution >= 4 is 45.6 Å². The minimum Gasteiger partial charge on any atom is -0.478 e. The van der Waals surface area contributed by atoms with Crippen LogP contribution in [0.15, 0.2) is 73.4 Å². The zero-order valence-electron chi connectivity index (χ0n) is 25.3. The number of fused-ring (bicyclic) bond motifs is 6. The van der Waals surface area contributed by atoms with Crippen LogP contribution in [-0.2, 0) is 11.3 Å². The molecule has 8 rings (SSSR count). The summed E-state index contributed by atoms with van der Waals surface area (Å²) in [6, 6.07) is 14.7. The van der Waals surface area contributed by atoms with Crippen LogP contribution in [0.3, 0.4) is 0 Å². The molecule has 0 spiro atoms. The van der Waals surface area contributed by atoms with Crippen molar-refractivity contribution in [2.75, 3.05) is 30.4 Å². The Hall–Kier alpha value is -5.92. The van der Waals surface area contributed by atoms with Crippen LogP contribution in [0, 0.1) is 5.82 Å². The van der Waals surface area contributed by atoms with Gasteiger partial charge in [-0.1, -0.05) is 18.2 Å². The van der Waals surface area contributed by atoms with Crippen molar-refractivity contribution < 1.29 is 19.1 Å². The van der Waals surface area contributed by atoms with Gasteiger partial charge in [-0.15, -0.1) is 0 Å². The van der Waals surface area contributed by atoms with Crippen molar-refractivity contribution in [1.82, 2.24) is 39.2 Å². The summed E-state index contributed by atoms with van der Waals surface area (Å²) in [5.74, 6) is -0.836. The lowest BCUT2D eigenvalue weighted by Crippen LogP contribution is -2.45. The number of aromatic nitrogens is 7. The summed E-state index contributed by atoms with van der Waals surface area (Å²) in [7, 11) is 1.82. The summed E-state index contributed by atoms with van der Waals surface area (Å²) >= 11 is 0. The van der Waals surface area contributed by atoms with E-state index in [2.05, 4.69) is 36.0 Å². The zero-order chi connectivity index (χ0) is 32.2. The number of halogens is 1. The second-order valence-electron chi connectivity index (χ2n) is 11.8. The molecule has 14 heteroatoms. The first kappa shape index (κ1) is 28.5. The van der Waals surface area contributed by atoms with Gasteiger partial charge in [0.2, 0.25) is 5.91 Å². The van der Waals surface area contributed by atoms with E-state index >= 15 is 0 Å². The molecule has 0 saturated carbocycles. The van der Waals surface area contributed by atoms with E-state index in [4.69, 9.17) is 4.98 Å². The minimum atomic E-state index is -1.29. The Morgan fingerprint density at radius 3 is 2.81 bits per heavy atom. The molecule has 2 aromatic carbocycles. The van der Waals surface area contributed by atoms with Crippen LogP contribution in [0.1, 0.15) is 23.2 Å². The fourth-order valence-corrected chi connectivity index (χ4v) is 6.73. The molecule has 2 aliphatic heterocycles. The SMILES string of the molecule is CN1CCCn2cnc3cccc(c32)-c2cccc(n2)N[C@H]2C[C@@H](C1=O)N(c1ncnc3c1cnn3-c1ccc(F)cc1C(=O)O)C2. The van der Waals surface area contributed by atoms with Gasteiger partial charge in [0.1, 0.15) is 29.8 Å². The zero-order valence-corrected chi connectivity index (χ0v) is 25.3. The number of amides is 1. The van der Waals surface area contributed by atoms with E-state index in [-0.39, 0.29) is 23.2 Å². The van der Waals surface area contributed by atoms with E-state index in [1.165, 1.54) is 23.1 Å². The number of aryl methyl sites for hydroxylation is 1. The van der Waals surface area contributed by atoms with E-state index in [1.54, 1.807) is 11.1 Å². The molecule has 1 fully saturated rings. The molecule has 2 aliphatic rings. The number of para-hydroxylation sites is 1. The van der Waals surface area contributed by atoms with Crippen LogP contribution in [0.25, 0.3) is 39.0 Å². The van der Waals surface area contributed by atoms with E-state index in [0.29, 0.717) is 48.7 Å². The standard InChI is InChI=1S/C33H29FN10O3/c1-41-11-4-12-42-18-37-25-7-2-5-21(29(25)42)24-6-3-8-28(40-24)39-20-14-27(32(41)45)43(16-20)30-23-15-38-44(31(23)36-17-35-30)26-10-9-19(34)13-22(26)33(46)47/h2-3,5-10,13,15,17-18,20,27H,4,11-12,14,16H2,1H3,(H,39,40)(H,46,47)/t20-,27-/m0/s1. The van der Waals surface area contributed by atoms with Crippen LogP contribution in [0.5, 0.6) is 0 Å². The molecule has 2 N–H and O–H groups in total. The second kappa shape index (κ2) is 11.2. The third-order valence-corrected chi connectivity index (χ3v) is 8.90. The van der Waals surface area contributed by atoms with Gasteiger partial charge >= 0.3 is 5.97 Å². The van der Waals surface area contributed by atoms with Crippen molar-refractivity contribution in [1.29, 1.82) is 0 Å². The molecule has 0 radical (unpaired) electrons. The summed E-state index contributed by atoms with van der Waals surface area (Å²) in [6.45, 7) is 1.65. The molecule has 47 heavy (non-hydrogen) atoms. The van der Waals surface area contributed by atoms with Gasteiger partial charge < -0.3 is 24.8 Å². The van der Waals surface area contributed by atoms with E-state index in [1.807, 2.05) is 48.6 Å². The van der Waals surface area contributed by atoms with Crippen LogP contribution in [0.4, 0.5) is 16.0 Å². The van der Waals surface area contributed by atoms with Gasteiger partial charge in [-0.05, 0) is 49.2 Å². The lowest BCUT2D eigenvalue weighted by Gasteiger charge is -2.29. The highest BCUT2D eigenvalue weighted by Gasteiger charge is 2.40. The molecule has 4 bridgehead atoms. The monoisotopic (exact) mass is 632 g/mol. The maximum absolute atomic E-state index is 14.1. The lowest BCUT2D eigenvalue weighted by atomic mass is 10.1. The smallest absolute Gasteiger partial charge is 0.338 e. The van der Waals surface area contributed by atoms with Crippen molar-refractivity contribution in [3.63, 3.8) is 0 Å². The number of nitrogens with zero attached hydrogens (tertiary/aromatic N) is 9. The predicted molar refractivity (Wildman–Crippen MR) is 172 cm³/mol. The second-order valence-corrected chi connectivity index (χ2v) is 11.8. The van der Waals surface area contributed by atoms with Crippen molar-refractivity contribution in [3.8, 4) is 16.9 Å². The maximum Gasteiger partial charge on any atom is 0.338 e. The topological polar surface area (TPSA) is 147 Å². The quantitative estimate of drug-likeness (QED) is 0.294. The number of carboxylic acids is 1. The third-order valence-electron chi connectivity index (χ3n) is 8.90. The highest BCUT2D eigenvalue weighted by Crippen LogP contribution is 2.34. The molecule has 1 amide bonds. The number of likely N-dealkylation sites (N-methyl/N-ethyl adjacent to an activating group) is 1. The molecule has 13 nitrogen and oxygen atoms in total. The minimum absolute atomic E-state index is 0.0482. The number of pyridine rings is 1. The van der Waals surface area contributed by atoms with Crippen molar-refractivity contribution in [2.24, 2.45) is 0 Å². The summed E-state index contributed by atoms with van der Waals surface area (Å²) < 4.78 is 17.4. The first-order valence-corrected chi connectivity index (χ1v) is 15.3. The van der Waals surface area contributed by atoms with Gasteiger partial charge in [-0.2, -0.15) is 5.10 Å². The van der Waals surface area contributed by atoms with Crippen LogP contribution in [0.2, 0.25) is 0 Å². The first-order valence-electron chi connectivity index (χ1n) is 15.3. The highest BCUT2D eigenvalue weighted by atomic mass is 19.1. The Balaban J connectivity index is 1.19. The fraction of sp³-hybridized carbons (Fsp3) is 0.242. The Kier molecular flexibility index (Phi) is 6.77. The van der Waals surface area contributed by atoms with Crippen LogP contribution < -0.4 is 10.2 Å². The molecular weight excluding hydrogens is 603 g/mol. The van der Waals surface area contributed by atoms with Gasteiger partial charge in [-0.3, -0.25) is 4.79 Å². The third kappa shape index (κ3) is 4.88. The highest BCUT2D eigenvalue weighted by molar-refractivity contribution is 5.96. The number of carbonyl (C=O) groups excluding carboxylic acids is 1. The summed E-state index contributed by atoms with van der Waals surface area (Å²) in [4.78, 5) is 48.4. The van der Waals surface area contributed by atoms with Crippen molar-refractivity contribution in [2.45, 2.75) is 31.5 Å². The average Bonchev–Trinajstić information content (AvgIpc) is 3.81. The number of aromatic carboxylic acids is 1. The summed E-state index contributed by atoms with van der Waals surface area (Å²) in [5.41, 5.74) is 3.96. The molecular formula is C33H29FN10O3. The molecule has 236 valence electrons. The lowest BCUT2D eigenvalue weighted by molar-refractivity contribution is -0.131. The molecule has 4 aromatic heterocycles. The summed E-state index contributed by atoms with van der Waals surface area (Å²) in [5, 5.41) is 18.3. The fourth-order valence-electron chi connectivity index (χ4n) is 6.73. The van der Waals surface area contributed by atoms with Gasteiger partial charge in [0.25, 0.3) is 0 Å². The number of hydrogen-bond donors (Lipinski definition) is 2. The number of benzene rings is 2. The molecule has 6 heterocycles. The van der Waals surface area contributed by atoms with Gasteiger partial charge in [-0.25, -0.2) is 33.8 Å². The largest absolute Gasteiger partial charge is 0.478 e. The van der Waals surface area contributed by atoms with Gasteiger partial charge in [0, 0.05) is 38.3 Å². The molecule has 2 atom stereocenters. The Labute approximate surface area is 267 Å². The van der Waals surface area contributed by atoms with E-state index in [0.717, 1.165) is 34.8 Å².